The van der Waals surface area contributed by atoms with Crippen LogP contribution in [0.25, 0.3) is 0 Å². The number of hydrogen-bond donors (Lipinski definition) is 1. The van der Waals surface area contributed by atoms with Gasteiger partial charge in [-0.1, -0.05) is 18.6 Å². The molecule has 0 spiro atoms. The van der Waals surface area contributed by atoms with Crippen LogP contribution in [0.1, 0.15) is 33.1 Å². The summed E-state index contributed by atoms with van der Waals surface area (Å²) in [5.74, 6) is 0. The molecule has 12 heavy (non-hydrogen) atoms. The molecule has 0 aromatic heterocycles. The van der Waals surface area contributed by atoms with Gasteiger partial charge in [-0.15, -0.1) is 0 Å². The fourth-order valence-corrected chi connectivity index (χ4v) is 1.55. The summed E-state index contributed by atoms with van der Waals surface area (Å²) < 4.78 is 5.66. The van der Waals surface area contributed by atoms with Crippen LogP contribution < -0.4 is 5.73 Å². The molecule has 0 saturated carbocycles. The fraction of sp³-hybridized carbons (Fsp3) is 0.800. The van der Waals surface area contributed by atoms with Crippen molar-refractivity contribution in [2.45, 2.75) is 45.3 Å². The van der Waals surface area contributed by atoms with Crippen molar-refractivity contribution in [3.8, 4) is 0 Å². The van der Waals surface area contributed by atoms with Crippen molar-refractivity contribution in [2.24, 2.45) is 5.73 Å². The molecule has 0 bridgehead atoms. The minimum absolute atomic E-state index is 0.332. The molecule has 2 heteroatoms. The zero-order valence-corrected chi connectivity index (χ0v) is 8.05. The monoisotopic (exact) mass is 169 g/mol. The van der Waals surface area contributed by atoms with Crippen LogP contribution in [0, 0.1) is 0 Å². The van der Waals surface area contributed by atoms with Gasteiger partial charge in [-0.2, -0.15) is 0 Å². The Hall–Kier alpha value is -0.340. The van der Waals surface area contributed by atoms with Crippen molar-refractivity contribution < 1.29 is 4.74 Å². The summed E-state index contributed by atoms with van der Waals surface area (Å²) >= 11 is 0. The molecule has 1 saturated heterocycles. The van der Waals surface area contributed by atoms with Gasteiger partial charge in [0.1, 0.15) is 0 Å². The molecule has 2 unspecified atom stereocenters. The molecule has 1 aliphatic heterocycles. The van der Waals surface area contributed by atoms with Gasteiger partial charge < -0.3 is 10.5 Å². The Morgan fingerprint density at radius 2 is 2.33 bits per heavy atom. The van der Waals surface area contributed by atoms with Crippen LogP contribution in [0.3, 0.4) is 0 Å². The van der Waals surface area contributed by atoms with Crippen LogP contribution in [0.15, 0.2) is 11.6 Å². The Bertz CT molecular complexity index is 159. The lowest BCUT2D eigenvalue weighted by Crippen LogP contribution is -2.09. The summed E-state index contributed by atoms with van der Waals surface area (Å²) in [6.45, 7) is 4.93. The average molecular weight is 169 g/mol. The van der Waals surface area contributed by atoms with Crippen molar-refractivity contribution in [1.29, 1.82) is 0 Å². The topological polar surface area (TPSA) is 35.2 Å². The molecule has 0 aromatic carbocycles. The fourth-order valence-electron chi connectivity index (χ4n) is 1.55. The van der Waals surface area contributed by atoms with E-state index >= 15 is 0 Å². The first-order valence-corrected chi connectivity index (χ1v) is 4.81. The van der Waals surface area contributed by atoms with Crippen molar-refractivity contribution in [3.63, 3.8) is 0 Å². The normalized spacial score (nSPS) is 31.1. The molecule has 2 atom stereocenters. The number of rotatable bonds is 3. The third kappa shape index (κ3) is 2.61. The Morgan fingerprint density at radius 3 is 2.75 bits per heavy atom. The molecule has 1 rings (SSSR count). The van der Waals surface area contributed by atoms with E-state index in [4.69, 9.17) is 10.5 Å². The quantitative estimate of drug-likeness (QED) is 0.654. The van der Waals surface area contributed by atoms with E-state index in [1.807, 2.05) is 0 Å². The Balaban J connectivity index is 2.43. The second kappa shape index (κ2) is 4.63. The summed E-state index contributed by atoms with van der Waals surface area (Å²) in [6, 6.07) is 0. The van der Waals surface area contributed by atoms with Gasteiger partial charge in [-0.25, -0.2) is 0 Å². The maximum absolute atomic E-state index is 5.66. The zero-order chi connectivity index (χ0) is 8.97. The first-order valence-electron chi connectivity index (χ1n) is 4.81. The molecule has 2 nitrogen and oxygen atoms in total. The first-order chi connectivity index (χ1) is 5.76. The standard InChI is InChI=1S/C10H19NO/c1-3-9(7-11)6-10-5-4-8(2)12-10/h6,8,10H,3-5,7,11H2,1-2H3/b9-6-. The first kappa shape index (κ1) is 9.75. The third-order valence-corrected chi connectivity index (χ3v) is 2.40. The lowest BCUT2D eigenvalue weighted by Gasteiger charge is -2.08. The maximum atomic E-state index is 5.66. The maximum Gasteiger partial charge on any atom is 0.0763 e. The molecule has 0 aliphatic carbocycles. The summed E-state index contributed by atoms with van der Waals surface area (Å²) in [5.41, 5.74) is 6.89. The van der Waals surface area contributed by atoms with Crippen LogP contribution in [0.5, 0.6) is 0 Å². The predicted molar refractivity (Wildman–Crippen MR) is 51.0 cm³/mol. The van der Waals surface area contributed by atoms with Crippen molar-refractivity contribution in [1.82, 2.24) is 0 Å². The molecular weight excluding hydrogens is 150 g/mol. The second-order valence-corrected chi connectivity index (χ2v) is 3.45. The van der Waals surface area contributed by atoms with Crippen LogP contribution in [0.2, 0.25) is 0 Å². The van der Waals surface area contributed by atoms with Gasteiger partial charge in [0.05, 0.1) is 12.2 Å². The van der Waals surface area contributed by atoms with E-state index in [1.54, 1.807) is 0 Å². The summed E-state index contributed by atoms with van der Waals surface area (Å²) in [7, 11) is 0. The highest BCUT2D eigenvalue weighted by Crippen LogP contribution is 2.21. The van der Waals surface area contributed by atoms with E-state index in [0.717, 1.165) is 12.8 Å². The molecular formula is C10H19NO. The number of nitrogens with two attached hydrogens (primary N) is 1. The van der Waals surface area contributed by atoms with E-state index in [2.05, 4.69) is 19.9 Å². The highest BCUT2D eigenvalue weighted by Gasteiger charge is 2.19. The lowest BCUT2D eigenvalue weighted by atomic mass is 10.1. The summed E-state index contributed by atoms with van der Waals surface area (Å²) in [4.78, 5) is 0. The third-order valence-electron chi connectivity index (χ3n) is 2.40. The van der Waals surface area contributed by atoms with Gasteiger partial charge in [0, 0.05) is 6.54 Å². The van der Waals surface area contributed by atoms with Crippen molar-refractivity contribution in [2.75, 3.05) is 6.54 Å². The van der Waals surface area contributed by atoms with Gasteiger partial charge in [-0.3, -0.25) is 0 Å². The van der Waals surface area contributed by atoms with Crippen molar-refractivity contribution >= 4 is 0 Å². The highest BCUT2D eigenvalue weighted by atomic mass is 16.5. The van der Waals surface area contributed by atoms with Crippen LogP contribution in [-0.4, -0.2) is 18.8 Å². The number of ether oxygens (including phenoxy) is 1. The van der Waals surface area contributed by atoms with E-state index in [0.29, 0.717) is 18.8 Å². The highest BCUT2D eigenvalue weighted by molar-refractivity contribution is 5.07. The smallest absolute Gasteiger partial charge is 0.0763 e. The van der Waals surface area contributed by atoms with Crippen molar-refractivity contribution in [3.05, 3.63) is 11.6 Å². The molecule has 70 valence electrons. The Kier molecular flexibility index (Phi) is 3.76. The van der Waals surface area contributed by atoms with Gasteiger partial charge in [-0.05, 0) is 26.2 Å². The average Bonchev–Trinajstić information content (AvgIpc) is 2.47. The minimum Gasteiger partial charge on any atom is -0.371 e. The van der Waals surface area contributed by atoms with E-state index in [1.165, 1.54) is 12.0 Å². The molecule has 1 fully saturated rings. The SMILES string of the molecule is CC/C(=C/C1CCC(C)O1)CN. The van der Waals surface area contributed by atoms with Crippen LogP contribution >= 0.6 is 0 Å². The molecule has 1 heterocycles. The van der Waals surface area contributed by atoms with E-state index in [-0.39, 0.29) is 0 Å². The summed E-state index contributed by atoms with van der Waals surface area (Å²) in [6.07, 6.45) is 6.35. The molecule has 0 aromatic rings. The molecule has 1 aliphatic rings. The largest absolute Gasteiger partial charge is 0.371 e. The predicted octanol–water partition coefficient (Wildman–Crippen LogP) is 1.85. The number of hydrogen-bond acceptors (Lipinski definition) is 2. The van der Waals surface area contributed by atoms with Gasteiger partial charge in [0.2, 0.25) is 0 Å². The van der Waals surface area contributed by atoms with Crippen LogP contribution in [0.4, 0.5) is 0 Å². The molecule has 0 amide bonds. The Labute approximate surface area is 74.8 Å². The lowest BCUT2D eigenvalue weighted by molar-refractivity contribution is 0.0828. The van der Waals surface area contributed by atoms with Crippen LogP contribution in [-0.2, 0) is 4.74 Å². The van der Waals surface area contributed by atoms with Gasteiger partial charge >= 0.3 is 0 Å². The second-order valence-electron chi connectivity index (χ2n) is 3.45. The summed E-state index contributed by atoms with van der Waals surface area (Å²) in [5, 5.41) is 0. The minimum atomic E-state index is 0.332. The van der Waals surface area contributed by atoms with E-state index in [9.17, 15) is 0 Å². The molecule has 2 N–H and O–H groups in total. The molecule has 0 radical (unpaired) electrons. The van der Waals surface area contributed by atoms with Gasteiger partial charge in [0.25, 0.3) is 0 Å². The Morgan fingerprint density at radius 1 is 1.58 bits per heavy atom. The zero-order valence-electron chi connectivity index (χ0n) is 8.05. The van der Waals surface area contributed by atoms with Gasteiger partial charge in [0.15, 0.2) is 0 Å². The van der Waals surface area contributed by atoms with E-state index < -0.39 is 0 Å².